The van der Waals surface area contributed by atoms with Crippen molar-refractivity contribution in [2.75, 3.05) is 43.6 Å². The molecule has 0 unspecified atom stereocenters. The fraction of sp³-hybridized carbons (Fsp3) is 0.579. The first-order valence-electron chi connectivity index (χ1n) is 9.75. The molecule has 0 aromatic carbocycles. The van der Waals surface area contributed by atoms with Gasteiger partial charge < -0.3 is 15.0 Å². The van der Waals surface area contributed by atoms with E-state index in [1.807, 2.05) is 0 Å². The molecule has 0 radical (unpaired) electrons. The van der Waals surface area contributed by atoms with Crippen molar-refractivity contribution in [2.24, 2.45) is 0 Å². The van der Waals surface area contributed by atoms with Gasteiger partial charge in [0.05, 0.1) is 17.9 Å². The standard InChI is InChI=1S/C14H17ClN6O.C5H10O/c1-16-11-9-19-21(13(22)12(11)15)10-3-7-20(8-4-10)14-17-5-2-6-18-14;1-2-4-6-5-3-1/h2,5-6,9-10,16H,3-4,7-8H2,1H3;1-5H2. The molecule has 0 atom stereocenters. The second kappa shape index (κ2) is 10.4. The maximum Gasteiger partial charge on any atom is 0.287 e. The van der Waals surface area contributed by atoms with Gasteiger partial charge in [-0.05, 0) is 38.2 Å². The Kier molecular flexibility index (Phi) is 7.62. The summed E-state index contributed by atoms with van der Waals surface area (Å²) in [5.74, 6) is 0.727. The lowest BCUT2D eigenvalue weighted by atomic mass is 10.1. The zero-order valence-electron chi connectivity index (χ0n) is 16.2. The third kappa shape index (κ3) is 5.20. The van der Waals surface area contributed by atoms with Crippen LogP contribution in [0.5, 0.6) is 0 Å². The predicted molar refractivity (Wildman–Crippen MR) is 110 cm³/mol. The highest BCUT2D eigenvalue weighted by atomic mass is 35.5. The molecule has 0 saturated carbocycles. The van der Waals surface area contributed by atoms with Gasteiger partial charge in [-0.3, -0.25) is 4.79 Å². The van der Waals surface area contributed by atoms with Gasteiger partial charge in [-0.25, -0.2) is 14.6 Å². The van der Waals surface area contributed by atoms with Crippen molar-refractivity contribution in [3.05, 3.63) is 40.0 Å². The Morgan fingerprint density at radius 2 is 1.82 bits per heavy atom. The van der Waals surface area contributed by atoms with Crippen molar-refractivity contribution in [2.45, 2.75) is 38.1 Å². The maximum atomic E-state index is 12.3. The maximum absolute atomic E-state index is 12.3. The molecule has 2 aromatic heterocycles. The summed E-state index contributed by atoms with van der Waals surface area (Å²) >= 11 is 6.08. The molecule has 152 valence electrons. The molecule has 2 aliphatic rings. The van der Waals surface area contributed by atoms with Gasteiger partial charge in [-0.15, -0.1) is 0 Å². The van der Waals surface area contributed by atoms with Crippen molar-refractivity contribution in [1.29, 1.82) is 0 Å². The lowest BCUT2D eigenvalue weighted by Crippen LogP contribution is -2.39. The van der Waals surface area contributed by atoms with E-state index in [2.05, 4.69) is 25.3 Å². The van der Waals surface area contributed by atoms with Gasteiger partial charge >= 0.3 is 0 Å². The molecular formula is C19H27ClN6O2. The van der Waals surface area contributed by atoms with E-state index in [4.69, 9.17) is 16.3 Å². The normalized spacial score (nSPS) is 17.6. The van der Waals surface area contributed by atoms with E-state index < -0.39 is 0 Å². The Labute approximate surface area is 169 Å². The smallest absolute Gasteiger partial charge is 0.287 e. The van der Waals surface area contributed by atoms with Crippen molar-refractivity contribution in [1.82, 2.24) is 19.7 Å². The number of anilines is 2. The van der Waals surface area contributed by atoms with Crippen LogP contribution in [0.4, 0.5) is 11.6 Å². The van der Waals surface area contributed by atoms with E-state index in [1.165, 1.54) is 23.9 Å². The van der Waals surface area contributed by atoms with Crippen LogP contribution >= 0.6 is 11.6 Å². The highest BCUT2D eigenvalue weighted by Crippen LogP contribution is 2.24. The molecule has 0 bridgehead atoms. The van der Waals surface area contributed by atoms with Gasteiger partial charge in [0.25, 0.3) is 5.56 Å². The van der Waals surface area contributed by atoms with Crippen LogP contribution in [-0.2, 0) is 4.74 Å². The van der Waals surface area contributed by atoms with Gasteiger partial charge in [0.15, 0.2) is 0 Å². The number of hydrogen-bond donors (Lipinski definition) is 1. The van der Waals surface area contributed by atoms with Crippen LogP contribution in [0.3, 0.4) is 0 Å². The molecule has 4 rings (SSSR count). The third-order valence-corrected chi connectivity index (χ3v) is 5.30. The number of nitrogens with one attached hydrogen (secondary N) is 1. The van der Waals surface area contributed by atoms with Crippen LogP contribution in [0.2, 0.25) is 5.02 Å². The third-order valence-electron chi connectivity index (χ3n) is 4.94. The fourth-order valence-electron chi connectivity index (χ4n) is 3.33. The second-order valence-corrected chi connectivity index (χ2v) is 7.19. The highest BCUT2D eigenvalue weighted by Gasteiger charge is 2.24. The molecule has 2 aliphatic heterocycles. The molecule has 0 aliphatic carbocycles. The second-order valence-electron chi connectivity index (χ2n) is 6.81. The first-order valence-corrected chi connectivity index (χ1v) is 10.1. The average Bonchev–Trinajstić information content (AvgIpc) is 2.78. The van der Waals surface area contributed by atoms with Gasteiger partial charge in [0.2, 0.25) is 5.95 Å². The van der Waals surface area contributed by atoms with Gasteiger partial charge in [0, 0.05) is 45.7 Å². The molecule has 9 heteroatoms. The van der Waals surface area contributed by atoms with Crippen LogP contribution in [0.1, 0.15) is 38.1 Å². The fourth-order valence-corrected chi connectivity index (χ4v) is 3.56. The number of hydrogen-bond acceptors (Lipinski definition) is 7. The van der Waals surface area contributed by atoms with Crippen LogP contribution < -0.4 is 15.8 Å². The number of piperidine rings is 1. The molecule has 8 nitrogen and oxygen atoms in total. The minimum absolute atomic E-state index is 0.0517. The molecular weight excluding hydrogens is 380 g/mol. The summed E-state index contributed by atoms with van der Waals surface area (Å²) in [6.45, 7) is 3.57. The lowest BCUT2D eigenvalue weighted by molar-refractivity contribution is 0.0968. The number of rotatable bonds is 3. The summed E-state index contributed by atoms with van der Waals surface area (Å²) < 4.78 is 6.56. The summed E-state index contributed by atoms with van der Waals surface area (Å²) in [7, 11) is 1.71. The number of aromatic nitrogens is 4. The van der Waals surface area contributed by atoms with Gasteiger partial charge in [0.1, 0.15) is 5.02 Å². The van der Waals surface area contributed by atoms with E-state index >= 15 is 0 Å². The van der Waals surface area contributed by atoms with Crippen molar-refractivity contribution < 1.29 is 4.74 Å². The average molecular weight is 407 g/mol. The van der Waals surface area contributed by atoms with E-state index in [9.17, 15) is 4.79 Å². The number of ether oxygens (including phenoxy) is 1. The Balaban J connectivity index is 0.000000320. The topological polar surface area (TPSA) is 85.2 Å². The minimum atomic E-state index is -0.247. The highest BCUT2D eigenvalue weighted by molar-refractivity contribution is 6.32. The largest absolute Gasteiger partial charge is 0.385 e. The van der Waals surface area contributed by atoms with Gasteiger partial charge in [-0.2, -0.15) is 5.10 Å². The molecule has 2 fully saturated rings. The van der Waals surface area contributed by atoms with E-state index in [0.29, 0.717) is 5.69 Å². The molecule has 4 heterocycles. The summed E-state index contributed by atoms with van der Waals surface area (Å²) in [4.78, 5) is 22.9. The van der Waals surface area contributed by atoms with Crippen LogP contribution in [-0.4, -0.2) is 53.1 Å². The Hall–Kier alpha value is -2.19. The molecule has 28 heavy (non-hydrogen) atoms. The SMILES string of the molecule is C1CCOCC1.CNc1cnn(C2CCN(c3ncccn3)CC2)c(=O)c1Cl. The zero-order chi connectivity index (χ0) is 19.8. The Morgan fingerprint density at radius 3 is 2.36 bits per heavy atom. The Morgan fingerprint density at radius 1 is 1.14 bits per heavy atom. The van der Waals surface area contributed by atoms with E-state index in [1.54, 1.807) is 31.7 Å². The van der Waals surface area contributed by atoms with E-state index in [0.717, 1.165) is 45.1 Å². The van der Waals surface area contributed by atoms with E-state index in [-0.39, 0.29) is 16.6 Å². The molecule has 0 amide bonds. The summed E-state index contributed by atoms with van der Waals surface area (Å²) in [6, 6.07) is 1.85. The van der Waals surface area contributed by atoms with Crippen LogP contribution in [0, 0.1) is 0 Å². The first-order chi connectivity index (χ1) is 13.7. The molecule has 2 aromatic rings. The molecule has 0 spiro atoms. The van der Waals surface area contributed by atoms with Crippen molar-refractivity contribution in [3.8, 4) is 0 Å². The van der Waals surface area contributed by atoms with Crippen molar-refractivity contribution in [3.63, 3.8) is 0 Å². The van der Waals surface area contributed by atoms with Crippen molar-refractivity contribution >= 4 is 23.2 Å². The summed E-state index contributed by atoms with van der Waals surface area (Å²) in [5, 5.41) is 7.29. The first kappa shape index (κ1) is 20.5. The van der Waals surface area contributed by atoms with Crippen LogP contribution in [0.15, 0.2) is 29.5 Å². The van der Waals surface area contributed by atoms with Crippen LogP contribution in [0.25, 0.3) is 0 Å². The molecule has 2 saturated heterocycles. The van der Waals surface area contributed by atoms with Gasteiger partial charge in [-0.1, -0.05) is 11.6 Å². The minimum Gasteiger partial charge on any atom is -0.385 e. The molecule has 1 N–H and O–H groups in total. The predicted octanol–water partition coefficient (Wildman–Crippen LogP) is 2.76. The summed E-state index contributed by atoms with van der Waals surface area (Å²) in [6.07, 6.45) is 10.6. The quantitative estimate of drug-likeness (QED) is 0.838. The zero-order valence-corrected chi connectivity index (χ0v) is 16.9. The number of nitrogens with zero attached hydrogens (tertiary/aromatic N) is 5. The Bertz CT molecular complexity index is 777. The monoisotopic (exact) mass is 406 g/mol. The lowest BCUT2D eigenvalue weighted by Gasteiger charge is -2.32. The number of halogens is 1. The summed E-state index contributed by atoms with van der Waals surface area (Å²) in [5.41, 5.74) is 0.306.